The largest absolute Gasteiger partial charge is 0.394 e. The lowest BCUT2D eigenvalue weighted by molar-refractivity contribution is -0.144. The lowest BCUT2D eigenvalue weighted by Gasteiger charge is -2.39. The Kier molecular flexibility index (Phi) is 7.95. The van der Waals surface area contributed by atoms with E-state index in [1.54, 1.807) is 72.0 Å². The number of anilines is 1. The van der Waals surface area contributed by atoms with E-state index < -0.39 is 28.7 Å². The number of likely N-dealkylation sites (tertiary alicyclic amines) is 1. The van der Waals surface area contributed by atoms with Crippen LogP contribution >= 0.6 is 39.3 Å². The molecule has 3 fully saturated rings. The number of hydrogen-bond donors (Lipinski definition) is 1. The van der Waals surface area contributed by atoms with Crippen LogP contribution in [0.2, 0.25) is 5.02 Å². The number of benzene rings is 1. The number of amides is 3. The highest BCUT2D eigenvalue weighted by Crippen LogP contribution is 2.68. The van der Waals surface area contributed by atoms with Gasteiger partial charge in [0.15, 0.2) is 0 Å². The first kappa shape index (κ1) is 27.2. The second kappa shape index (κ2) is 10.5. The third-order valence-electron chi connectivity index (χ3n) is 7.49. The first-order valence-electron chi connectivity index (χ1n) is 11.9. The Balaban J connectivity index is 1.83. The van der Waals surface area contributed by atoms with Gasteiger partial charge >= 0.3 is 0 Å². The summed E-state index contributed by atoms with van der Waals surface area (Å²) in [7, 11) is 1.70. The number of thioether (sulfide) groups is 1. The van der Waals surface area contributed by atoms with Crippen molar-refractivity contribution < 1.29 is 19.5 Å². The fourth-order valence-electron chi connectivity index (χ4n) is 5.98. The molecule has 4 rings (SSSR count). The molecule has 1 aromatic rings. The van der Waals surface area contributed by atoms with Crippen LogP contribution in [0.25, 0.3) is 0 Å². The summed E-state index contributed by atoms with van der Waals surface area (Å²) >= 11 is 11.8. The first-order valence-corrected chi connectivity index (χ1v) is 14.1. The Morgan fingerprint density at radius 2 is 1.97 bits per heavy atom. The van der Waals surface area contributed by atoms with Crippen molar-refractivity contribution in [3.05, 3.63) is 54.6 Å². The minimum absolute atomic E-state index is 0.0366. The summed E-state index contributed by atoms with van der Waals surface area (Å²) < 4.78 is -0.813. The van der Waals surface area contributed by atoms with Gasteiger partial charge in [-0.15, -0.1) is 24.9 Å². The van der Waals surface area contributed by atoms with Gasteiger partial charge in [0.2, 0.25) is 11.8 Å². The first-order chi connectivity index (χ1) is 17.1. The molecule has 0 saturated carbocycles. The van der Waals surface area contributed by atoms with Crippen LogP contribution in [-0.2, 0) is 14.4 Å². The molecule has 1 N–H and O–H groups in total. The van der Waals surface area contributed by atoms with Crippen molar-refractivity contribution in [3.8, 4) is 0 Å². The van der Waals surface area contributed by atoms with Gasteiger partial charge in [-0.2, -0.15) is 0 Å². The summed E-state index contributed by atoms with van der Waals surface area (Å²) in [4.78, 5) is 46.7. The highest BCUT2D eigenvalue weighted by Gasteiger charge is 2.76. The Hall–Kier alpha value is -1.81. The molecule has 7 atom stereocenters. The summed E-state index contributed by atoms with van der Waals surface area (Å²) in [6.45, 7) is 9.54. The Bertz CT molecular complexity index is 1090. The van der Waals surface area contributed by atoms with E-state index in [-0.39, 0.29) is 41.0 Å². The number of fused-ring (bicyclic) bond motifs is 1. The van der Waals surface area contributed by atoms with Gasteiger partial charge in [0.05, 0.1) is 39.9 Å². The lowest BCUT2D eigenvalue weighted by atomic mass is 9.70. The molecule has 3 unspecified atom stereocenters. The smallest absolute Gasteiger partial charge is 0.251 e. The van der Waals surface area contributed by atoms with Crippen LogP contribution in [0.15, 0.2) is 49.6 Å². The van der Waals surface area contributed by atoms with Crippen LogP contribution in [0.5, 0.6) is 0 Å². The predicted molar refractivity (Wildman–Crippen MR) is 147 cm³/mol. The van der Waals surface area contributed by atoms with Crippen LogP contribution in [-0.4, -0.2) is 86.3 Å². The Morgan fingerprint density at radius 3 is 2.58 bits per heavy atom. The van der Waals surface area contributed by atoms with Crippen molar-refractivity contribution in [2.75, 3.05) is 31.6 Å². The van der Waals surface area contributed by atoms with Crippen LogP contribution < -0.4 is 4.90 Å². The standard InChI is InChI=1S/C26H31BrClN3O4S/c1-5-11-29(4)23(33)19-20-24(34)31(15(3)14-32)22(26(20)13-16(27)21(19)36-26)25(35)30(12-6-2)18-10-8-7-9-17(18)28/h5-10,15-16,19-22,32H,1-2,11-14H2,3-4H3/t15-,16?,19-,20+,21-,22?,26?/m1/s1. The van der Waals surface area contributed by atoms with E-state index >= 15 is 0 Å². The van der Waals surface area contributed by atoms with Crippen molar-refractivity contribution in [3.63, 3.8) is 0 Å². The number of nitrogens with zero attached hydrogens (tertiary/aromatic N) is 3. The highest BCUT2D eigenvalue weighted by molar-refractivity contribution is 9.09. The molecule has 0 aromatic heterocycles. The molecule has 3 heterocycles. The molecule has 0 aliphatic carbocycles. The number of para-hydroxylation sites is 1. The Morgan fingerprint density at radius 1 is 1.31 bits per heavy atom. The maximum atomic E-state index is 14.4. The number of halogens is 2. The van der Waals surface area contributed by atoms with Crippen LogP contribution in [0, 0.1) is 11.8 Å². The average Bonchev–Trinajstić information content (AvgIpc) is 3.45. The van der Waals surface area contributed by atoms with Gasteiger partial charge in [-0.05, 0) is 25.5 Å². The molecule has 2 bridgehead atoms. The molecule has 3 saturated heterocycles. The van der Waals surface area contributed by atoms with Crippen LogP contribution in [0.1, 0.15) is 13.3 Å². The van der Waals surface area contributed by atoms with E-state index in [4.69, 9.17) is 11.6 Å². The molecule has 3 aliphatic rings. The second-order valence-electron chi connectivity index (χ2n) is 9.64. The number of aliphatic hydroxyl groups is 1. The zero-order valence-electron chi connectivity index (χ0n) is 20.3. The molecule has 7 nitrogen and oxygen atoms in total. The number of aliphatic hydroxyl groups excluding tert-OH is 1. The SMILES string of the molecule is C=CCN(C)C(=O)[C@H]1[C@@H]2SC3(CC2Br)C(C(=O)N(CC=C)c2ccccc2Cl)N([C@H](C)CO)C(=O)[C@H]13. The number of likely N-dealkylation sites (N-methyl/N-ethyl adjacent to an activating group) is 1. The fourth-order valence-corrected chi connectivity index (χ4v) is 9.81. The molecule has 1 spiro atoms. The van der Waals surface area contributed by atoms with Crippen molar-refractivity contribution in [1.82, 2.24) is 9.80 Å². The van der Waals surface area contributed by atoms with Crippen molar-refractivity contribution in [1.29, 1.82) is 0 Å². The second-order valence-corrected chi connectivity index (χ2v) is 12.8. The maximum Gasteiger partial charge on any atom is 0.251 e. The number of rotatable bonds is 9. The summed E-state index contributed by atoms with van der Waals surface area (Å²) in [6.07, 6.45) is 3.83. The van der Waals surface area contributed by atoms with E-state index in [1.165, 1.54) is 4.90 Å². The van der Waals surface area contributed by atoms with Gasteiger partial charge in [0.25, 0.3) is 5.91 Å². The third kappa shape index (κ3) is 4.12. The lowest BCUT2D eigenvalue weighted by Crippen LogP contribution is -2.57. The van der Waals surface area contributed by atoms with Crippen LogP contribution in [0.3, 0.4) is 0 Å². The third-order valence-corrected chi connectivity index (χ3v) is 11.0. The molecule has 3 amide bonds. The molecule has 3 aliphatic heterocycles. The molecule has 36 heavy (non-hydrogen) atoms. The van der Waals surface area contributed by atoms with Gasteiger partial charge in [-0.3, -0.25) is 14.4 Å². The number of carbonyl (C=O) groups is 3. The van der Waals surface area contributed by atoms with Crippen molar-refractivity contribution in [2.45, 2.75) is 40.3 Å². The van der Waals surface area contributed by atoms with E-state index in [9.17, 15) is 19.5 Å². The Labute approximate surface area is 229 Å². The van der Waals surface area contributed by atoms with Crippen LogP contribution in [0.4, 0.5) is 5.69 Å². The average molecular weight is 597 g/mol. The minimum Gasteiger partial charge on any atom is -0.394 e. The topological polar surface area (TPSA) is 81.2 Å². The summed E-state index contributed by atoms with van der Waals surface area (Å²) in [5.41, 5.74) is 0.527. The number of carbonyl (C=O) groups excluding carboxylic acids is 3. The minimum atomic E-state index is -0.870. The predicted octanol–water partition coefficient (Wildman–Crippen LogP) is 3.35. The zero-order valence-corrected chi connectivity index (χ0v) is 23.5. The molecular formula is C26H31BrClN3O4S. The monoisotopic (exact) mass is 595 g/mol. The van der Waals surface area contributed by atoms with Gasteiger partial charge in [0.1, 0.15) is 6.04 Å². The molecule has 10 heteroatoms. The quantitative estimate of drug-likeness (QED) is 0.349. The van der Waals surface area contributed by atoms with Gasteiger partial charge in [-0.1, -0.05) is 51.8 Å². The normalized spacial score (nSPS) is 31.2. The molecular weight excluding hydrogens is 566 g/mol. The van der Waals surface area contributed by atoms with E-state index in [0.29, 0.717) is 23.7 Å². The molecule has 194 valence electrons. The zero-order chi connectivity index (χ0) is 26.4. The van der Waals surface area contributed by atoms with Gasteiger partial charge in [-0.25, -0.2) is 0 Å². The fraction of sp³-hybridized carbons (Fsp3) is 0.500. The van der Waals surface area contributed by atoms with Gasteiger partial charge < -0.3 is 19.8 Å². The summed E-state index contributed by atoms with van der Waals surface area (Å²) in [6, 6.07) is 5.59. The summed E-state index contributed by atoms with van der Waals surface area (Å²) in [5, 5.41) is 10.3. The van der Waals surface area contributed by atoms with E-state index in [2.05, 4.69) is 29.1 Å². The maximum absolute atomic E-state index is 14.4. The van der Waals surface area contributed by atoms with Crippen molar-refractivity contribution in [2.24, 2.45) is 11.8 Å². The highest BCUT2D eigenvalue weighted by atomic mass is 79.9. The van der Waals surface area contributed by atoms with E-state index in [1.807, 2.05) is 0 Å². The molecule has 0 radical (unpaired) electrons. The van der Waals surface area contributed by atoms with E-state index in [0.717, 1.165) is 0 Å². The molecule has 1 aromatic carbocycles. The summed E-state index contributed by atoms with van der Waals surface area (Å²) in [5.74, 6) is -1.92. The van der Waals surface area contributed by atoms with Gasteiger partial charge in [0, 0.05) is 30.2 Å². The van der Waals surface area contributed by atoms with Crippen molar-refractivity contribution >= 4 is 62.7 Å². The number of hydrogen-bond acceptors (Lipinski definition) is 5. The number of alkyl halides is 1.